The zero-order chi connectivity index (χ0) is 22.2. The van der Waals surface area contributed by atoms with Gasteiger partial charge >= 0.3 is 6.09 Å². The van der Waals surface area contributed by atoms with Gasteiger partial charge in [0.05, 0.1) is 6.04 Å². The van der Waals surface area contributed by atoms with Gasteiger partial charge in [-0.1, -0.05) is 44.2 Å². The maximum absolute atomic E-state index is 13.2. The van der Waals surface area contributed by atoms with Gasteiger partial charge in [0.25, 0.3) is 0 Å². The normalized spacial score (nSPS) is 29.0. The summed E-state index contributed by atoms with van der Waals surface area (Å²) in [5.41, 5.74) is 0.831. The van der Waals surface area contributed by atoms with Crippen LogP contribution in [0.2, 0.25) is 0 Å². The highest BCUT2D eigenvalue weighted by molar-refractivity contribution is 5.89. The fourth-order valence-electron chi connectivity index (χ4n) is 5.17. The van der Waals surface area contributed by atoms with Gasteiger partial charge in [0.1, 0.15) is 18.9 Å². The molecule has 2 saturated heterocycles. The number of hydrogen-bond acceptors (Lipinski definition) is 5. The molecule has 1 saturated carbocycles. The van der Waals surface area contributed by atoms with Gasteiger partial charge in [0, 0.05) is 19.0 Å². The van der Waals surface area contributed by atoms with Crippen LogP contribution in [-0.4, -0.2) is 54.3 Å². The molecule has 0 aromatic heterocycles. The van der Waals surface area contributed by atoms with Crippen molar-refractivity contribution < 1.29 is 23.9 Å². The molecular formula is C23H29N3O5. The summed E-state index contributed by atoms with van der Waals surface area (Å²) >= 11 is 0. The molecule has 8 nitrogen and oxygen atoms in total. The van der Waals surface area contributed by atoms with Crippen LogP contribution in [0.4, 0.5) is 4.79 Å². The van der Waals surface area contributed by atoms with Crippen LogP contribution >= 0.6 is 0 Å². The first kappa shape index (κ1) is 21.3. The van der Waals surface area contributed by atoms with E-state index in [0.717, 1.165) is 5.56 Å². The minimum Gasteiger partial charge on any atom is -0.445 e. The van der Waals surface area contributed by atoms with E-state index in [1.807, 2.05) is 30.3 Å². The zero-order valence-corrected chi connectivity index (χ0v) is 17.9. The van der Waals surface area contributed by atoms with Crippen molar-refractivity contribution in [2.75, 3.05) is 13.1 Å². The molecule has 2 heterocycles. The molecule has 2 N–H and O–H groups in total. The van der Waals surface area contributed by atoms with Crippen LogP contribution < -0.4 is 10.6 Å². The average molecular weight is 428 g/mol. The van der Waals surface area contributed by atoms with Gasteiger partial charge in [0.2, 0.25) is 11.8 Å². The number of carbonyl (C=O) groups excluding carboxylic acids is 4. The largest absolute Gasteiger partial charge is 0.445 e. The molecule has 3 amide bonds. The van der Waals surface area contributed by atoms with Gasteiger partial charge in [-0.05, 0) is 35.7 Å². The Labute approximate surface area is 181 Å². The third-order valence-corrected chi connectivity index (χ3v) is 7.11. The van der Waals surface area contributed by atoms with Crippen molar-refractivity contribution in [3.05, 3.63) is 35.9 Å². The van der Waals surface area contributed by atoms with Crippen LogP contribution in [0.1, 0.15) is 32.3 Å². The van der Waals surface area contributed by atoms with E-state index in [0.29, 0.717) is 25.8 Å². The number of likely N-dealkylation sites (tertiary alicyclic amines) is 1. The van der Waals surface area contributed by atoms with E-state index in [-0.39, 0.29) is 48.0 Å². The molecule has 5 atom stereocenters. The molecule has 1 aromatic rings. The Morgan fingerprint density at radius 3 is 2.71 bits per heavy atom. The number of nitrogens with one attached hydrogen (secondary N) is 2. The molecule has 0 spiro atoms. The minimum absolute atomic E-state index is 0.0267. The number of hydrogen-bond donors (Lipinski definition) is 2. The first-order chi connectivity index (χ1) is 14.8. The van der Waals surface area contributed by atoms with Crippen LogP contribution in [0.15, 0.2) is 30.3 Å². The summed E-state index contributed by atoms with van der Waals surface area (Å²) in [6, 6.07) is 7.94. The number of fused-ring (bicyclic) bond motifs is 1. The average Bonchev–Trinajstić information content (AvgIpc) is 3.13. The molecule has 5 unspecified atom stereocenters. The van der Waals surface area contributed by atoms with Gasteiger partial charge in [0.15, 0.2) is 0 Å². The summed E-state index contributed by atoms with van der Waals surface area (Å²) in [4.78, 5) is 50.9. The lowest BCUT2D eigenvalue weighted by Gasteiger charge is -2.30. The summed E-state index contributed by atoms with van der Waals surface area (Å²) in [6.45, 7) is 5.37. The van der Waals surface area contributed by atoms with E-state index < -0.39 is 18.2 Å². The number of ether oxygens (including phenoxy) is 1. The fourth-order valence-corrected chi connectivity index (χ4v) is 5.17. The SMILES string of the molecule is CC1(C)C2CN(C(=O)OCc3ccccc3)C(C(=O)NC(C=O)CC3CCNC3=O)C21. The first-order valence-corrected chi connectivity index (χ1v) is 10.8. The number of benzene rings is 1. The van der Waals surface area contributed by atoms with Crippen molar-refractivity contribution in [3.63, 3.8) is 0 Å². The van der Waals surface area contributed by atoms with Crippen LogP contribution in [0.5, 0.6) is 0 Å². The predicted molar refractivity (Wildman–Crippen MR) is 112 cm³/mol. The minimum atomic E-state index is -0.760. The lowest BCUT2D eigenvalue weighted by molar-refractivity contribution is -0.129. The van der Waals surface area contributed by atoms with Crippen molar-refractivity contribution in [1.82, 2.24) is 15.5 Å². The second-order valence-corrected chi connectivity index (χ2v) is 9.35. The Balaban J connectivity index is 1.41. The van der Waals surface area contributed by atoms with Crippen LogP contribution in [0.3, 0.4) is 0 Å². The molecule has 0 radical (unpaired) electrons. The van der Waals surface area contributed by atoms with E-state index in [1.165, 1.54) is 4.90 Å². The van der Waals surface area contributed by atoms with Crippen LogP contribution in [0.25, 0.3) is 0 Å². The molecular weight excluding hydrogens is 398 g/mol. The summed E-state index contributed by atoms with van der Waals surface area (Å²) in [7, 11) is 0. The van der Waals surface area contributed by atoms with Gasteiger partial charge in [-0.15, -0.1) is 0 Å². The number of carbonyl (C=O) groups is 4. The number of amides is 3. The topological polar surface area (TPSA) is 105 Å². The number of aldehydes is 1. The Morgan fingerprint density at radius 2 is 2.06 bits per heavy atom. The molecule has 4 rings (SSSR count). The molecule has 1 aromatic carbocycles. The second kappa shape index (κ2) is 8.32. The van der Waals surface area contributed by atoms with Crippen molar-refractivity contribution in [2.24, 2.45) is 23.2 Å². The maximum Gasteiger partial charge on any atom is 0.410 e. The molecule has 0 bridgehead atoms. The quantitative estimate of drug-likeness (QED) is 0.642. The van der Waals surface area contributed by atoms with E-state index in [2.05, 4.69) is 24.5 Å². The Hall–Kier alpha value is -2.90. The maximum atomic E-state index is 13.2. The highest BCUT2D eigenvalue weighted by Crippen LogP contribution is 2.64. The van der Waals surface area contributed by atoms with E-state index in [9.17, 15) is 19.2 Å². The molecule has 3 fully saturated rings. The molecule has 2 aliphatic heterocycles. The Bertz CT molecular complexity index is 871. The zero-order valence-electron chi connectivity index (χ0n) is 17.9. The lowest BCUT2D eigenvalue weighted by Crippen LogP contribution is -2.52. The van der Waals surface area contributed by atoms with Crippen molar-refractivity contribution in [2.45, 2.75) is 45.4 Å². The van der Waals surface area contributed by atoms with E-state index in [1.54, 1.807) is 0 Å². The van der Waals surface area contributed by atoms with Gasteiger partial charge in [-0.3, -0.25) is 14.5 Å². The molecule has 8 heteroatoms. The van der Waals surface area contributed by atoms with E-state index in [4.69, 9.17) is 4.74 Å². The van der Waals surface area contributed by atoms with Crippen LogP contribution in [-0.2, 0) is 25.7 Å². The predicted octanol–water partition coefficient (Wildman–Crippen LogP) is 1.49. The van der Waals surface area contributed by atoms with Gasteiger partial charge < -0.3 is 20.2 Å². The number of nitrogens with zero attached hydrogens (tertiary/aromatic N) is 1. The molecule has 3 aliphatic rings. The Kier molecular flexibility index (Phi) is 5.73. The van der Waals surface area contributed by atoms with Gasteiger partial charge in [-0.25, -0.2) is 4.79 Å². The van der Waals surface area contributed by atoms with Crippen molar-refractivity contribution in [1.29, 1.82) is 0 Å². The van der Waals surface area contributed by atoms with Gasteiger partial charge in [-0.2, -0.15) is 0 Å². The summed E-state index contributed by atoms with van der Waals surface area (Å²) in [5, 5.41) is 5.52. The third-order valence-electron chi connectivity index (χ3n) is 7.11. The fraction of sp³-hybridized carbons (Fsp3) is 0.565. The number of rotatable bonds is 7. The highest BCUT2D eigenvalue weighted by atomic mass is 16.6. The molecule has 1 aliphatic carbocycles. The monoisotopic (exact) mass is 427 g/mol. The van der Waals surface area contributed by atoms with Crippen LogP contribution in [0, 0.1) is 23.2 Å². The standard InChI is InChI=1S/C23H29N3O5/c1-23(2)17-11-26(22(30)31-13-14-6-4-3-5-7-14)19(18(17)23)21(29)25-16(12-27)10-15-8-9-24-20(15)28/h3-7,12,15-19H,8-11,13H2,1-2H3,(H,24,28)(H,25,29). The second-order valence-electron chi connectivity index (χ2n) is 9.35. The lowest BCUT2D eigenvalue weighted by atomic mass is 9.97. The first-order valence-electron chi connectivity index (χ1n) is 10.8. The smallest absolute Gasteiger partial charge is 0.410 e. The summed E-state index contributed by atoms with van der Waals surface area (Å²) in [5.74, 6) is -0.473. The third kappa shape index (κ3) is 4.16. The summed E-state index contributed by atoms with van der Waals surface area (Å²) < 4.78 is 5.47. The Morgan fingerprint density at radius 1 is 1.32 bits per heavy atom. The van der Waals surface area contributed by atoms with Crippen molar-refractivity contribution >= 4 is 24.2 Å². The number of piperidine rings is 1. The molecule has 31 heavy (non-hydrogen) atoms. The van der Waals surface area contributed by atoms with E-state index >= 15 is 0 Å². The van der Waals surface area contributed by atoms with Crippen molar-refractivity contribution in [3.8, 4) is 0 Å². The molecule has 166 valence electrons. The summed E-state index contributed by atoms with van der Waals surface area (Å²) in [6.07, 6.45) is 1.07. The highest BCUT2D eigenvalue weighted by Gasteiger charge is 2.69.